The van der Waals surface area contributed by atoms with E-state index in [1.54, 1.807) is 26.0 Å². The van der Waals surface area contributed by atoms with Crippen molar-refractivity contribution in [1.82, 2.24) is 0 Å². The number of carbonyl (C=O) groups excluding carboxylic acids is 1. The van der Waals surface area contributed by atoms with Gasteiger partial charge in [-0.2, -0.15) is 0 Å². The molecule has 0 saturated carbocycles. The molecule has 144 valence electrons. The molecule has 3 aromatic carbocycles. The van der Waals surface area contributed by atoms with E-state index < -0.39 is 0 Å². The Morgan fingerprint density at radius 3 is 2.45 bits per heavy atom. The first-order valence-corrected chi connectivity index (χ1v) is 10.2. The fourth-order valence-corrected chi connectivity index (χ4v) is 5.26. The zero-order chi connectivity index (χ0) is 20.0. The molecule has 1 atom stereocenters. The molecule has 0 spiro atoms. The monoisotopic (exact) mass is 401 g/mol. The van der Waals surface area contributed by atoms with Gasteiger partial charge < -0.3 is 14.8 Å². The number of para-hydroxylation sites is 1. The number of ether oxygens (including phenoxy) is 2. The van der Waals surface area contributed by atoms with E-state index in [-0.39, 0.29) is 11.0 Å². The zero-order valence-corrected chi connectivity index (χ0v) is 16.9. The van der Waals surface area contributed by atoms with Crippen molar-refractivity contribution in [3.8, 4) is 11.5 Å². The van der Waals surface area contributed by atoms with Crippen LogP contribution in [0.4, 0.5) is 5.69 Å². The Morgan fingerprint density at radius 1 is 0.897 bits per heavy atom. The first kappa shape index (κ1) is 17.9. The lowest BCUT2D eigenvalue weighted by Gasteiger charge is -2.20. The SMILES string of the molecule is COc1ccc([C@@H]2Sc3ccccc3NC3=C2C(=O)c2ccccc23)c(OC)c1. The minimum atomic E-state index is -0.207. The van der Waals surface area contributed by atoms with Gasteiger partial charge in [0.15, 0.2) is 5.78 Å². The number of methoxy groups -OCH3 is 2. The molecule has 0 saturated heterocycles. The Kier molecular flexibility index (Phi) is 4.32. The summed E-state index contributed by atoms with van der Waals surface area (Å²) >= 11 is 1.66. The zero-order valence-electron chi connectivity index (χ0n) is 16.1. The van der Waals surface area contributed by atoms with Gasteiger partial charge >= 0.3 is 0 Å². The van der Waals surface area contributed by atoms with Crippen molar-refractivity contribution >= 4 is 28.9 Å². The number of fused-ring (bicyclic) bond motifs is 3. The van der Waals surface area contributed by atoms with Crippen LogP contribution in [0.1, 0.15) is 26.7 Å². The lowest BCUT2D eigenvalue weighted by molar-refractivity contribution is 0.103. The summed E-state index contributed by atoms with van der Waals surface area (Å²) in [4.78, 5) is 14.6. The first-order valence-electron chi connectivity index (χ1n) is 9.34. The van der Waals surface area contributed by atoms with Crippen molar-refractivity contribution < 1.29 is 14.3 Å². The van der Waals surface area contributed by atoms with Crippen LogP contribution in [0, 0.1) is 0 Å². The van der Waals surface area contributed by atoms with Crippen LogP contribution in [0.5, 0.6) is 11.5 Å². The Hall–Kier alpha value is -3.18. The highest BCUT2D eigenvalue weighted by atomic mass is 32.2. The van der Waals surface area contributed by atoms with Gasteiger partial charge in [0.25, 0.3) is 0 Å². The predicted octanol–water partition coefficient (Wildman–Crippen LogP) is 5.57. The molecule has 2 aliphatic rings. The fourth-order valence-electron chi connectivity index (χ4n) is 3.93. The van der Waals surface area contributed by atoms with E-state index in [0.717, 1.165) is 44.3 Å². The Bertz CT molecular complexity index is 1170. The van der Waals surface area contributed by atoms with Gasteiger partial charge in [-0.15, -0.1) is 11.8 Å². The molecule has 1 N–H and O–H groups in total. The minimum absolute atomic E-state index is 0.0614. The number of hydrogen-bond acceptors (Lipinski definition) is 5. The maximum atomic E-state index is 13.5. The summed E-state index contributed by atoms with van der Waals surface area (Å²) < 4.78 is 11.0. The van der Waals surface area contributed by atoms with Crippen LogP contribution < -0.4 is 14.8 Å². The summed E-state index contributed by atoms with van der Waals surface area (Å²) in [6.45, 7) is 0. The van der Waals surface area contributed by atoms with E-state index in [1.165, 1.54) is 0 Å². The molecule has 0 radical (unpaired) electrons. The molecule has 0 aromatic heterocycles. The average Bonchev–Trinajstić information content (AvgIpc) is 2.94. The smallest absolute Gasteiger partial charge is 0.193 e. The standard InChI is InChI=1S/C24H19NO3S/c1-27-14-11-12-17(19(13-14)28-2)24-21-22(15-7-3-4-8-16(15)23(21)26)25-18-9-5-6-10-20(18)29-24/h3-13,24-25H,1-2H3/t24-/m0/s1. The van der Waals surface area contributed by atoms with Crippen molar-refractivity contribution in [3.05, 3.63) is 89.0 Å². The van der Waals surface area contributed by atoms with Gasteiger partial charge in [-0.25, -0.2) is 0 Å². The number of benzene rings is 3. The minimum Gasteiger partial charge on any atom is -0.497 e. The molecular weight excluding hydrogens is 382 g/mol. The maximum absolute atomic E-state index is 13.5. The number of ketones is 1. The number of anilines is 1. The molecule has 0 unspecified atom stereocenters. The number of hydrogen-bond donors (Lipinski definition) is 1. The summed E-state index contributed by atoms with van der Waals surface area (Å²) in [7, 11) is 3.28. The lowest BCUT2D eigenvalue weighted by Crippen LogP contribution is -2.09. The van der Waals surface area contributed by atoms with E-state index in [4.69, 9.17) is 9.47 Å². The number of thioether (sulfide) groups is 1. The quantitative estimate of drug-likeness (QED) is 0.622. The van der Waals surface area contributed by atoms with Crippen molar-refractivity contribution in [2.75, 3.05) is 19.5 Å². The number of Topliss-reactive ketones (excluding diaryl/α,β-unsaturated/α-hetero) is 1. The number of rotatable bonds is 3. The predicted molar refractivity (Wildman–Crippen MR) is 116 cm³/mol. The van der Waals surface area contributed by atoms with Gasteiger partial charge in [-0.3, -0.25) is 4.79 Å². The molecule has 0 amide bonds. The molecule has 5 heteroatoms. The Labute approximate surface area is 173 Å². The average molecular weight is 401 g/mol. The van der Waals surface area contributed by atoms with Crippen molar-refractivity contribution in [2.24, 2.45) is 0 Å². The lowest BCUT2D eigenvalue weighted by atomic mass is 9.99. The highest BCUT2D eigenvalue weighted by Gasteiger charge is 2.39. The van der Waals surface area contributed by atoms with Crippen molar-refractivity contribution in [2.45, 2.75) is 10.1 Å². The summed E-state index contributed by atoms with van der Waals surface area (Å²) in [5, 5.41) is 3.33. The van der Waals surface area contributed by atoms with E-state index in [9.17, 15) is 4.79 Å². The fraction of sp³-hybridized carbons (Fsp3) is 0.125. The van der Waals surface area contributed by atoms with Gasteiger partial charge in [-0.1, -0.05) is 42.5 Å². The largest absolute Gasteiger partial charge is 0.497 e. The van der Waals surface area contributed by atoms with Crippen LogP contribution in [0.25, 0.3) is 5.70 Å². The normalized spacial score (nSPS) is 17.0. The van der Waals surface area contributed by atoms with Gasteiger partial charge in [0.1, 0.15) is 11.5 Å². The molecule has 0 bridgehead atoms. The molecule has 1 heterocycles. The van der Waals surface area contributed by atoms with Crippen LogP contribution in [-0.2, 0) is 0 Å². The van der Waals surface area contributed by atoms with Crippen LogP contribution in [0.3, 0.4) is 0 Å². The molecule has 5 rings (SSSR count). The second-order valence-electron chi connectivity index (χ2n) is 6.89. The van der Waals surface area contributed by atoms with Crippen LogP contribution in [-0.4, -0.2) is 20.0 Å². The summed E-state index contributed by atoms with van der Waals surface area (Å²) in [6, 6.07) is 21.7. The van der Waals surface area contributed by atoms with E-state index in [0.29, 0.717) is 5.75 Å². The van der Waals surface area contributed by atoms with Crippen LogP contribution in [0.2, 0.25) is 0 Å². The Morgan fingerprint density at radius 2 is 1.66 bits per heavy atom. The number of carbonyl (C=O) groups is 1. The van der Waals surface area contributed by atoms with E-state index >= 15 is 0 Å². The third-order valence-electron chi connectivity index (χ3n) is 5.33. The number of nitrogens with one attached hydrogen (secondary N) is 1. The highest BCUT2D eigenvalue weighted by Crippen LogP contribution is 2.54. The van der Waals surface area contributed by atoms with Gasteiger partial charge in [0, 0.05) is 33.2 Å². The van der Waals surface area contributed by atoms with Crippen LogP contribution >= 0.6 is 11.8 Å². The highest BCUT2D eigenvalue weighted by molar-refractivity contribution is 8.00. The summed E-state index contributed by atoms with van der Waals surface area (Å²) in [6.07, 6.45) is 0. The van der Waals surface area contributed by atoms with Gasteiger partial charge in [0.05, 0.1) is 30.9 Å². The van der Waals surface area contributed by atoms with E-state index in [1.807, 2.05) is 60.7 Å². The third-order valence-corrected chi connectivity index (χ3v) is 6.67. The summed E-state index contributed by atoms with van der Waals surface area (Å²) in [5.74, 6) is 1.49. The molecule has 29 heavy (non-hydrogen) atoms. The first-order chi connectivity index (χ1) is 14.2. The second kappa shape index (κ2) is 7.01. The molecule has 1 aliphatic carbocycles. The molecule has 3 aromatic rings. The van der Waals surface area contributed by atoms with Crippen molar-refractivity contribution in [1.29, 1.82) is 0 Å². The molecule has 1 aliphatic heterocycles. The Balaban J connectivity index is 1.75. The molecule has 0 fully saturated rings. The van der Waals surface area contributed by atoms with Gasteiger partial charge in [0.2, 0.25) is 0 Å². The molecular formula is C24H19NO3S. The third kappa shape index (κ3) is 2.81. The molecule has 4 nitrogen and oxygen atoms in total. The van der Waals surface area contributed by atoms with Gasteiger partial charge in [-0.05, 0) is 18.2 Å². The maximum Gasteiger partial charge on any atom is 0.193 e. The van der Waals surface area contributed by atoms with E-state index in [2.05, 4.69) is 11.4 Å². The van der Waals surface area contributed by atoms with Crippen LogP contribution in [0.15, 0.2) is 77.2 Å². The topological polar surface area (TPSA) is 47.6 Å². The van der Waals surface area contributed by atoms with Crippen molar-refractivity contribution in [3.63, 3.8) is 0 Å². The summed E-state index contributed by atoms with van der Waals surface area (Å²) in [5.41, 5.74) is 5.28. The second-order valence-corrected chi connectivity index (χ2v) is 8.04.